The van der Waals surface area contributed by atoms with Crippen LogP contribution in [0, 0.1) is 0 Å². The maximum atomic E-state index is 13.3. The van der Waals surface area contributed by atoms with Gasteiger partial charge in [0.25, 0.3) is 0 Å². The molecule has 13 nitrogen and oxygen atoms in total. The first-order valence-electron chi connectivity index (χ1n) is 11.5. The highest BCUT2D eigenvalue weighted by atomic mass is 16.6. The van der Waals surface area contributed by atoms with Crippen molar-refractivity contribution < 1.29 is 59.5 Å². The summed E-state index contributed by atoms with van der Waals surface area (Å²) in [4.78, 5) is 26.1. The van der Waals surface area contributed by atoms with Gasteiger partial charge in [0.2, 0.25) is 5.43 Å². The van der Waals surface area contributed by atoms with Crippen molar-refractivity contribution in [2.75, 3.05) is 6.61 Å². The Morgan fingerprint density at radius 2 is 1.51 bits per heavy atom. The zero-order valence-corrected chi connectivity index (χ0v) is 19.8. The molecule has 1 aliphatic heterocycles. The van der Waals surface area contributed by atoms with Gasteiger partial charge in [-0.2, -0.15) is 0 Å². The Balaban J connectivity index is 1.67. The monoisotopic (exact) mass is 542 g/mol. The van der Waals surface area contributed by atoms with E-state index in [1.807, 2.05) is 0 Å². The molecule has 0 spiro atoms. The molecular weight excluding hydrogens is 520 g/mol. The SMILES string of the molecule is O=C(O[C@@H]1[C@@H](O)[C@H](O)[C@@H](CO)O[C@H]1c1c(O)cc2oc3cc(O)c(O)cc3c(=O)c2c1O)c1ccc(O)cc1. The second-order valence-electron chi connectivity index (χ2n) is 8.98. The Morgan fingerprint density at radius 1 is 0.872 bits per heavy atom. The topological polar surface area (TPSA) is 228 Å². The third-order valence-electron chi connectivity index (χ3n) is 6.55. The molecule has 8 N–H and O–H groups in total. The lowest BCUT2D eigenvalue weighted by Gasteiger charge is -2.42. The lowest BCUT2D eigenvalue weighted by molar-refractivity contribution is -0.232. The van der Waals surface area contributed by atoms with Crippen LogP contribution in [0.1, 0.15) is 22.0 Å². The van der Waals surface area contributed by atoms with Crippen LogP contribution < -0.4 is 5.43 Å². The maximum absolute atomic E-state index is 13.3. The van der Waals surface area contributed by atoms with Gasteiger partial charge in [-0.05, 0) is 30.3 Å². The number of phenols is 5. The number of esters is 1. The Labute approximate surface area is 217 Å². The molecule has 204 valence electrons. The number of fused-ring (bicyclic) bond motifs is 2. The number of carbonyl (C=O) groups excluding carboxylic acids is 1. The Bertz CT molecular complexity index is 1640. The molecule has 1 fully saturated rings. The van der Waals surface area contributed by atoms with E-state index in [2.05, 4.69) is 0 Å². The van der Waals surface area contributed by atoms with Crippen LogP contribution in [0.3, 0.4) is 0 Å². The highest BCUT2D eigenvalue weighted by molar-refractivity contribution is 5.96. The van der Waals surface area contributed by atoms with Crippen molar-refractivity contribution in [3.63, 3.8) is 0 Å². The van der Waals surface area contributed by atoms with Gasteiger partial charge in [-0.15, -0.1) is 0 Å². The van der Waals surface area contributed by atoms with Crippen molar-refractivity contribution in [3.05, 3.63) is 63.8 Å². The number of ether oxygens (including phenoxy) is 2. The molecule has 1 aromatic heterocycles. The quantitative estimate of drug-likeness (QED) is 0.102. The van der Waals surface area contributed by atoms with Crippen LogP contribution in [-0.2, 0) is 9.47 Å². The largest absolute Gasteiger partial charge is 0.508 e. The van der Waals surface area contributed by atoms with E-state index in [1.54, 1.807) is 0 Å². The lowest BCUT2D eigenvalue weighted by atomic mass is 9.89. The molecule has 5 atom stereocenters. The fraction of sp³-hybridized carbons (Fsp3) is 0.231. The van der Waals surface area contributed by atoms with Crippen molar-refractivity contribution >= 4 is 27.9 Å². The van der Waals surface area contributed by atoms with Gasteiger partial charge in [-0.3, -0.25) is 4.79 Å². The second kappa shape index (κ2) is 9.63. The summed E-state index contributed by atoms with van der Waals surface area (Å²) in [5.41, 5.74) is -1.93. The van der Waals surface area contributed by atoms with Gasteiger partial charge in [-0.25, -0.2) is 4.79 Å². The molecule has 2 heterocycles. The fourth-order valence-corrected chi connectivity index (χ4v) is 4.54. The number of hydrogen-bond acceptors (Lipinski definition) is 13. The molecule has 39 heavy (non-hydrogen) atoms. The van der Waals surface area contributed by atoms with Crippen LogP contribution in [0.25, 0.3) is 21.9 Å². The summed E-state index contributed by atoms with van der Waals surface area (Å²) in [7, 11) is 0. The highest BCUT2D eigenvalue weighted by Gasteiger charge is 2.49. The van der Waals surface area contributed by atoms with Crippen LogP contribution in [0.15, 0.2) is 51.7 Å². The molecule has 0 saturated carbocycles. The molecule has 1 aliphatic rings. The van der Waals surface area contributed by atoms with Gasteiger partial charge in [0, 0.05) is 12.1 Å². The highest BCUT2D eigenvalue weighted by Crippen LogP contribution is 2.46. The predicted molar refractivity (Wildman–Crippen MR) is 131 cm³/mol. The number of hydrogen-bond donors (Lipinski definition) is 8. The minimum Gasteiger partial charge on any atom is -0.508 e. The average molecular weight is 542 g/mol. The van der Waals surface area contributed by atoms with E-state index in [9.17, 15) is 50.4 Å². The molecule has 0 amide bonds. The fourth-order valence-electron chi connectivity index (χ4n) is 4.54. The molecule has 1 saturated heterocycles. The number of aliphatic hydroxyl groups is 3. The summed E-state index contributed by atoms with van der Waals surface area (Å²) >= 11 is 0. The van der Waals surface area contributed by atoms with E-state index in [1.165, 1.54) is 24.3 Å². The van der Waals surface area contributed by atoms with Gasteiger partial charge < -0.3 is 54.7 Å². The molecule has 5 rings (SSSR count). The smallest absolute Gasteiger partial charge is 0.338 e. The normalized spacial score (nSPS) is 23.2. The Morgan fingerprint density at radius 3 is 2.18 bits per heavy atom. The lowest BCUT2D eigenvalue weighted by Crippen LogP contribution is -2.56. The molecule has 0 unspecified atom stereocenters. The number of phenolic OH excluding ortho intramolecular Hbond substituents is 5. The first-order chi connectivity index (χ1) is 18.5. The summed E-state index contributed by atoms with van der Waals surface area (Å²) in [5.74, 6) is -3.97. The van der Waals surface area contributed by atoms with Crippen molar-refractivity contribution in [3.8, 4) is 28.7 Å². The van der Waals surface area contributed by atoms with Crippen molar-refractivity contribution in [2.24, 2.45) is 0 Å². The van der Waals surface area contributed by atoms with E-state index in [0.717, 1.165) is 18.2 Å². The van der Waals surface area contributed by atoms with E-state index >= 15 is 0 Å². The molecule has 3 aromatic carbocycles. The average Bonchev–Trinajstić information content (AvgIpc) is 2.89. The molecule has 0 bridgehead atoms. The third kappa shape index (κ3) is 4.32. The Hall–Kier alpha value is -4.56. The van der Waals surface area contributed by atoms with E-state index in [-0.39, 0.29) is 27.9 Å². The van der Waals surface area contributed by atoms with E-state index in [0.29, 0.717) is 0 Å². The molecule has 4 aromatic rings. The molecular formula is C26H22O13. The Kier molecular flexibility index (Phi) is 6.44. The van der Waals surface area contributed by atoms with Gasteiger partial charge in [0.05, 0.1) is 23.1 Å². The predicted octanol–water partition coefficient (Wildman–Crippen LogP) is 0.854. The zero-order chi connectivity index (χ0) is 28.2. The summed E-state index contributed by atoms with van der Waals surface area (Å²) in [6.07, 6.45) is -8.57. The number of aliphatic hydroxyl groups excluding tert-OH is 3. The van der Waals surface area contributed by atoms with Crippen LogP contribution in [0.5, 0.6) is 28.7 Å². The van der Waals surface area contributed by atoms with Crippen molar-refractivity contribution in [1.29, 1.82) is 0 Å². The third-order valence-corrected chi connectivity index (χ3v) is 6.55. The summed E-state index contributed by atoms with van der Waals surface area (Å²) in [6.45, 7) is -0.808. The number of carbonyl (C=O) groups is 1. The number of aromatic hydroxyl groups is 5. The van der Waals surface area contributed by atoms with Crippen LogP contribution in [0.4, 0.5) is 0 Å². The minimum absolute atomic E-state index is 0.0559. The summed E-state index contributed by atoms with van der Waals surface area (Å²) in [5, 5.41) is 81.3. The van der Waals surface area contributed by atoms with Crippen LogP contribution >= 0.6 is 0 Å². The molecule has 13 heteroatoms. The van der Waals surface area contributed by atoms with E-state index in [4.69, 9.17) is 13.9 Å². The maximum Gasteiger partial charge on any atom is 0.338 e. The van der Waals surface area contributed by atoms with Crippen LogP contribution in [-0.4, -0.2) is 77.8 Å². The molecule has 0 aliphatic carbocycles. The molecule has 0 radical (unpaired) electrons. The van der Waals surface area contributed by atoms with E-state index < -0.39 is 82.5 Å². The van der Waals surface area contributed by atoms with Crippen LogP contribution in [0.2, 0.25) is 0 Å². The van der Waals surface area contributed by atoms with Gasteiger partial charge in [0.1, 0.15) is 58.2 Å². The van der Waals surface area contributed by atoms with Crippen molar-refractivity contribution in [2.45, 2.75) is 30.5 Å². The standard InChI is InChI=1S/C26H22O13/c27-8-17-21(33)23(35)25(39-26(36)9-1-3-10(28)4-2-9)24(38-17)18-14(31)7-16-19(22(18)34)20(32)11-5-12(29)13(30)6-15(11)37-16/h1-7,17,21,23-25,27-31,33-35H,8H2/t17-,21-,23+,24+,25-/m1/s1. The minimum atomic E-state index is -1.88. The summed E-state index contributed by atoms with van der Waals surface area (Å²) < 4.78 is 16.6. The first kappa shape index (κ1) is 26.1. The second-order valence-corrected chi connectivity index (χ2v) is 8.98. The first-order valence-corrected chi connectivity index (χ1v) is 11.5. The van der Waals surface area contributed by atoms with Crippen molar-refractivity contribution in [1.82, 2.24) is 0 Å². The van der Waals surface area contributed by atoms with Gasteiger partial charge in [-0.1, -0.05) is 0 Å². The van der Waals surface area contributed by atoms with Gasteiger partial charge >= 0.3 is 5.97 Å². The number of rotatable bonds is 4. The zero-order valence-electron chi connectivity index (χ0n) is 19.8. The number of benzene rings is 3. The summed E-state index contributed by atoms with van der Waals surface area (Å²) in [6, 6.07) is 7.71. The van der Waals surface area contributed by atoms with Gasteiger partial charge in [0.15, 0.2) is 17.6 Å².